The van der Waals surface area contributed by atoms with Crippen molar-refractivity contribution in [1.29, 1.82) is 0 Å². The molecule has 0 saturated carbocycles. The number of nitrogens with one attached hydrogen (secondary N) is 1. The maximum atomic E-state index is 14.3. The van der Waals surface area contributed by atoms with Gasteiger partial charge in [0.1, 0.15) is 11.8 Å². The molecule has 4 aromatic rings. The Hall–Kier alpha value is -5.01. The summed E-state index contributed by atoms with van der Waals surface area (Å²) in [5, 5.41) is 6.56. The fourth-order valence-corrected chi connectivity index (χ4v) is 5.88. The highest BCUT2D eigenvalue weighted by atomic mass is 16.5. The summed E-state index contributed by atoms with van der Waals surface area (Å²) in [5.74, 6) is -0.809. The number of benzene rings is 4. The third-order valence-corrected chi connectivity index (χ3v) is 7.96. The molecule has 0 unspecified atom stereocenters. The van der Waals surface area contributed by atoms with Gasteiger partial charge in [0.2, 0.25) is 0 Å². The second-order valence-electron chi connectivity index (χ2n) is 11.0. The largest absolute Gasteiger partial charge is 0.425 e. The Bertz CT molecular complexity index is 1620. The second kappa shape index (κ2) is 11.1. The summed E-state index contributed by atoms with van der Waals surface area (Å²) < 4.78 is 6.04. The Kier molecular flexibility index (Phi) is 7.19. The maximum absolute atomic E-state index is 14.3. The number of amides is 2. The van der Waals surface area contributed by atoms with Gasteiger partial charge < -0.3 is 10.1 Å². The van der Waals surface area contributed by atoms with Gasteiger partial charge in [0, 0.05) is 11.0 Å². The van der Waals surface area contributed by atoms with E-state index < -0.39 is 29.5 Å². The van der Waals surface area contributed by atoms with Gasteiger partial charge in [0.25, 0.3) is 11.8 Å². The van der Waals surface area contributed by atoms with Crippen LogP contribution in [-0.2, 0) is 9.53 Å². The number of rotatable bonds is 6. The van der Waals surface area contributed by atoms with Gasteiger partial charge in [-0.05, 0) is 35.4 Å². The molecule has 0 radical (unpaired) electrons. The predicted octanol–water partition coefficient (Wildman–Crippen LogP) is 6.07. The molecule has 42 heavy (non-hydrogen) atoms. The molecule has 2 heterocycles. The summed E-state index contributed by atoms with van der Waals surface area (Å²) in [6.07, 6.45) is 1.60. The molecule has 4 aromatic carbocycles. The molecule has 210 valence electrons. The smallest absolute Gasteiger partial charge is 0.343 e. The first-order valence-electron chi connectivity index (χ1n) is 13.9. The molecule has 7 nitrogen and oxygen atoms in total. The summed E-state index contributed by atoms with van der Waals surface area (Å²) in [7, 11) is 0. The zero-order valence-electron chi connectivity index (χ0n) is 23.4. The summed E-state index contributed by atoms with van der Waals surface area (Å²) >= 11 is 0. The molecule has 7 heteroatoms. The zero-order chi connectivity index (χ0) is 29.3. The predicted molar refractivity (Wildman–Crippen MR) is 158 cm³/mol. The van der Waals surface area contributed by atoms with E-state index in [0.29, 0.717) is 16.9 Å². The fourth-order valence-electron chi connectivity index (χ4n) is 5.88. The highest BCUT2D eigenvalue weighted by molar-refractivity contribution is 5.98. The van der Waals surface area contributed by atoms with Gasteiger partial charge in [-0.25, -0.2) is 9.80 Å². The summed E-state index contributed by atoms with van der Waals surface area (Å²) in [6.45, 7) is 4.02. The van der Waals surface area contributed by atoms with Gasteiger partial charge >= 0.3 is 5.97 Å². The number of fused-ring (bicyclic) bond motifs is 1. The molecule has 0 aromatic heterocycles. The molecule has 3 atom stereocenters. The summed E-state index contributed by atoms with van der Waals surface area (Å²) in [5.41, 5.74) is 1.94. The van der Waals surface area contributed by atoms with Crippen LogP contribution in [-0.4, -0.2) is 33.8 Å². The number of carbonyl (C=O) groups excluding carboxylic acids is 3. The Morgan fingerprint density at radius 1 is 0.714 bits per heavy atom. The fraction of sp³-hybridized carbons (Fsp3) is 0.171. The molecule has 6 rings (SSSR count). The molecule has 2 amide bonds. The van der Waals surface area contributed by atoms with E-state index >= 15 is 0 Å². The van der Waals surface area contributed by atoms with Gasteiger partial charge in [-0.3, -0.25) is 9.59 Å². The average molecular weight is 558 g/mol. The third kappa shape index (κ3) is 4.88. The number of esters is 1. The van der Waals surface area contributed by atoms with E-state index in [2.05, 4.69) is 5.32 Å². The van der Waals surface area contributed by atoms with Crippen molar-refractivity contribution in [2.24, 2.45) is 5.41 Å². The van der Waals surface area contributed by atoms with Crippen LogP contribution >= 0.6 is 0 Å². The molecule has 0 aliphatic carbocycles. The van der Waals surface area contributed by atoms with Gasteiger partial charge in [-0.2, -0.15) is 5.01 Å². The van der Waals surface area contributed by atoms with Crippen LogP contribution in [0.2, 0.25) is 0 Å². The van der Waals surface area contributed by atoms with Crippen LogP contribution in [0, 0.1) is 5.41 Å². The van der Waals surface area contributed by atoms with E-state index in [4.69, 9.17) is 4.74 Å². The molecule has 1 N–H and O–H groups in total. The van der Waals surface area contributed by atoms with Gasteiger partial charge in [0.15, 0.2) is 0 Å². The second-order valence-corrected chi connectivity index (χ2v) is 11.0. The quantitative estimate of drug-likeness (QED) is 0.292. The Morgan fingerprint density at radius 2 is 1.21 bits per heavy atom. The first-order valence-corrected chi connectivity index (χ1v) is 13.9. The van der Waals surface area contributed by atoms with E-state index in [9.17, 15) is 14.4 Å². The Morgan fingerprint density at radius 3 is 1.79 bits per heavy atom. The topological polar surface area (TPSA) is 79.0 Å². The van der Waals surface area contributed by atoms with E-state index in [-0.39, 0.29) is 11.8 Å². The molecule has 0 bridgehead atoms. The zero-order valence-corrected chi connectivity index (χ0v) is 23.4. The first kappa shape index (κ1) is 27.2. The number of carbonyl (C=O) groups is 3. The third-order valence-electron chi connectivity index (χ3n) is 7.96. The number of ether oxygens (including phenoxy) is 1. The van der Waals surface area contributed by atoms with E-state index in [1.165, 1.54) is 5.01 Å². The number of hydrogen-bond donors (Lipinski definition) is 1. The van der Waals surface area contributed by atoms with Crippen LogP contribution < -0.4 is 5.32 Å². The van der Waals surface area contributed by atoms with Crippen molar-refractivity contribution in [2.75, 3.05) is 0 Å². The van der Waals surface area contributed by atoms with Crippen LogP contribution in [0.1, 0.15) is 57.8 Å². The molecular weight excluding hydrogens is 526 g/mol. The summed E-state index contributed by atoms with van der Waals surface area (Å²) in [4.78, 5) is 40.9. The van der Waals surface area contributed by atoms with Gasteiger partial charge in [0.05, 0.1) is 23.8 Å². The van der Waals surface area contributed by atoms with Crippen LogP contribution in [0.3, 0.4) is 0 Å². The monoisotopic (exact) mass is 557 g/mol. The van der Waals surface area contributed by atoms with Crippen LogP contribution in [0.4, 0.5) is 0 Å². The lowest BCUT2D eigenvalue weighted by molar-refractivity contribution is -0.144. The van der Waals surface area contributed by atoms with E-state index in [1.807, 2.05) is 91.7 Å². The van der Waals surface area contributed by atoms with E-state index in [1.54, 1.807) is 54.7 Å². The van der Waals surface area contributed by atoms with Crippen molar-refractivity contribution >= 4 is 17.8 Å². The molecule has 2 aliphatic heterocycles. The lowest BCUT2D eigenvalue weighted by atomic mass is 9.76. The highest BCUT2D eigenvalue weighted by Crippen LogP contribution is 2.54. The lowest BCUT2D eigenvalue weighted by Gasteiger charge is -2.49. The summed E-state index contributed by atoms with van der Waals surface area (Å²) in [6, 6.07) is 35.3. The molecular formula is C35H31N3O4. The van der Waals surface area contributed by atoms with Gasteiger partial charge in [-0.1, -0.05) is 111 Å². The normalized spacial score (nSPS) is 21.3. The Labute approximate surface area is 245 Å². The van der Waals surface area contributed by atoms with Crippen molar-refractivity contribution < 1.29 is 19.1 Å². The Balaban J connectivity index is 1.48. The van der Waals surface area contributed by atoms with Crippen molar-refractivity contribution in [3.63, 3.8) is 0 Å². The first-order chi connectivity index (χ1) is 20.4. The molecule has 1 fully saturated rings. The van der Waals surface area contributed by atoms with Crippen LogP contribution in [0.5, 0.6) is 0 Å². The van der Waals surface area contributed by atoms with Crippen molar-refractivity contribution in [3.8, 4) is 0 Å². The van der Waals surface area contributed by atoms with Crippen LogP contribution in [0.15, 0.2) is 133 Å². The number of nitrogens with zero attached hydrogens (tertiary/aromatic N) is 2. The number of hydrazine groups is 1. The molecule has 0 spiro atoms. The van der Waals surface area contributed by atoms with Crippen molar-refractivity contribution in [1.82, 2.24) is 15.3 Å². The standard InChI is InChI=1S/C35H31N3O4/c1-35(2)28(42-34(41)27-21-13-6-14-22-27)23-37-33(40)29(36-32(39)26-19-11-5-12-20-26)30(24-15-7-3-8-16-24)38(37)31(35)25-17-9-4-10-18-25/h3-23,29-31H,1-2H3,(H,36,39)/t29-,30-,31+/m0/s1. The minimum absolute atomic E-state index is 0.321. The highest BCUT2D eigenvalue weighted by Gasteiger charge is 2.57. The average Bonchev–Trinajstić information content (AvgIpc) is 3.28. The van der Waals surface area contributed by atoms with Gasteiger partial charge in [-0.15, -0.1) is 0 Å². The number of hydrogen-bond acceptors (Lipinski definition) is 5. The molecule has 2 aliphatic rings. The van der Waals surface area contributed by atoms with E-state index in [0.717, 1.165) is 11.1 Å². The minimum Gasteiger partial charge on any atom is -0.425 e. The maximum Gasteiger partial charge on any atom is 0.343 e. The molecule has 1 saturated heterocycles. The minimum atomic E-state index is -0.900. The SMILES string of the molecule is CC1(C)C(OC(=O)c2ccccc2)=CN2C(=O)[C@@H](NC(=O)c3ccccc3)[C@H](c3ccccc3)N2[C@@H]1c1ccccc1. The van der Waals surface area contributed by atoms with Crippen molar-refractivity contribution in [3.05, 3.63) is 156 Å². The van der Waals surface area contributed by atoms with Crippen molar-refractivity contribution in [2.45, 2.75) is 32.0 Å². The van der Waals surface area contributed by atoms with Crippen LogP contribution in [0.25, 0.3) is 0 Å². The lowest BCUT2D eigenvalue weighted by Crippen LogP contribution is -2.50.